The van der Waals surface area contributed by atoms with Crippen LogP contribution in [-0.2, 0) is 11.4 Å². The molecule has 27 heavy (non-hydrogen) atoms. The smallest absolute Gasteiger partial charge is 0.277 e. The van der Waals surface area contributed by atoms with Gasteiger partial charge in [-0.1, -0.05) is 24.2 Å². The van der Waals surface area contributed by atoms with Gasteiger partial charge in [0.05, 0.1) is 12.9 Å². The first kappa shape index (κ1) is 18.2. The topological polar surface area (TPSA) is 86.5 Å². The van der Waals surface area contributed by atoms with E-state index in [4.69, 9.17) is 13.9 Å². The van der Waals surface area contributed by atoms with Crippen LogP contribution in [0.2, 0.25) is 0 Å². The number of amides is 1. The van der Waals surface area contributed by atoms with Crippen molar-refractivity contribution >= 4 is 17.7 Å². The van der Waals surface area contributed by atoms with E-state index in [9.17, 15) is 4.79 Å². The Bertz CT molecular complexity index is 797. The van der Waals surface area contributed by atoms with Gasteiger partial charge in [-0.05, 0) is 43.2 Å². The summed E-state index contributed by atoms with van der Waals surface area (Å²) in [5.41, 5.74) is 0. The second-order valence-corrected chi connectivity index (χ2v) is 7.99. The molecule has 0 radical (unpaired) electrons. The van der Waals surface area contributed by atoms with Crippen LogP contribution in [0.25, 0.3) is 0 Å². The molecule has 2 fully saturated rings. The maximum Gasteiger partial charge on any atom is 0.277 e. The number of rotatable bonds is 8. The van der Waals surface area contributed by atoms with Crippen molar-refractivity contribution in [3.8, 4) is 11.5 Å². The Labute approximate surface area is 162 Å². The van der Waals surface area contributed by atoms with Gasteiger partial charge in [-0.2, -0.15) is 0 Å². The summed E-state index contributed by atoms with van der Waals surface area (Å²) >= 11 is 1.25. The van der Waals surface area contributed by atoms with Crippen LogP contribution in [0.3, 0.4) is 0 Å². The maximum absolute atomic E-state index is 12.2. The minimum Gasteiger partial charge on any atom is -0.497 e. The highest BCUT2D eigenvalue weighted by Gasteiger charge is 2.40. The number of fused-ring (bicyclic) bond motifs is 2. The van der Waals surface area contributed by atoms with Gasteiger partial charge in [0.25, 0.3) is 11.1 Å². The van der Waals surface area contributed by atoms with Crippen LogP contribution in [0.15, 0.2) is 33.9 Å². The number of aromatic nitrogens is 2. The summed E-state index contributed by atoms with van der Waals surface area (Å²) in [7, 11) is 1.61. The van der Waals surface area contributed by atoms with Gasteiger partial charge in [0, 0.05) is 12.1 Å². The van der Waals surface area contributed by atoms with E-state index in [1.54, 1.807) is 13.2 Å². The zero-order valence-electron chi connectivity index (χ0n) is 15.2. The Kier molecular flexibility index (Phi) is 5.52. The van der Waals surface area contributed by atoms with E-state index >= 15 is 0 Å². The quantitative estimate of drug-likeness (QED) is 0.694. The van der Waals surface area contributed by atoms with Crippen molar-refractivity contribution < 1.29 is 18.7 Å². The fourth-order valence-corrected chi connectivity index (χ4v) is 4.58. The maximum atomic E-state index is 12.2. The fourth-order valence-electron chi connectivity index (χ4n) is 3.99. The van der Waals surface area contributed by atoms with E-state index in [0.717, 1.165) is 18.1 Å². The zero-order chi connectivity index (χ0) is 18.6. The molecule has 1 amide bonds. The van der Waals surface area contributed by atoms with Gasteiger partial charge < -0.3 is 19.2 Å². The largest absolute Gasteiger partial charge is 0.497 e. The number of ether oxygens (including phenoxy) is 2. The second kappa shape index (κ2) is 8.21. The molecule has 1 aromatic carbocycles. The molecular formula is C19H23N3O4S. The van der Waals surface area contributed by atoms with Crippen LogP contribution in [0.5, 0.6) is 11.5 Å². The Hall–Kier alpha value is -2.22. The van der Waals surface area contributed by atoms with Crippen LogP contribution < -0.4 is 14.8 Å². The molecule has 4 rings (SSSR count). The Morgan fingerprint density at radius 3 is 2.96 bits per heavy atom. The lowest BCUT2D eigenvalue weighted by atomic mass is 9.95. The highest BCUT2D eigenvalue weighted by molar-refractivity contribution is 7.99. The van der Waals surface area contributed by atoms with E-state index < -0.39 is 0 Å². The highest BCUT2D eigenvalue weighted by Crippen LogP contribution is 2.44. The van der Waals surface area contributed by atoms with Gasteiger partial charge in [0.1, 0.15) is 11.5 Å². The molecule has 2 saturated carbocycles. The predicted octanol–water partition coefficient (Wildman–Crippen LogP) is 3.05. The van der Waals surface area contributed by atoms with Crippen molar-refractivity contribution in [1.82, 2.24) is 15.5 Å². The first-order valence-electron chi connectivity index (χ1n) is 9.21. The molecule has 8 heteroatoms. The molecule has 0 spiro atoms. The predicted molar refractivity (Wildman–Crippen MR) is 99.7 cm³/mol. The van der Waals surface area contributed by atoms with Crippen LogP contribution in [-0.4, -0.2) is 35.0 Å². The Balaban J connectivity index is 1.21. The third-order valence-corrected chi connectivity index (χ3v) is 6.08. The van der Waals surface area contributed by atoms with Crippen LogP contribution >= 0.6 is 11.8 Å². The van der Waals surface area contributed by atoms with Crippen molar-refractivity contribution in [2.45, 2.75) is 43.6 Å². The van der Waals surface area contributed by atoms with Gasteiger partial charge in [-0.25, -0.2) is 0 Å². The standard InChI is InChI=1S/C19H23N3O4S/c1-24-14-3-2-4-15(9-14)25-10-18-21-22-19(26-18)27-11-17(23)20-16-8-12-5-6-13(16)7-12/h2-4,9,12-13,16H,5-8,10-11H2,1H3,(H,20,23)/t12-,13+,16-/m0/s1. The van der Waals surface area contributed by atoms with Gasteiger partial charge in [-0.15, -0.1) is 10.2 Å². The molecule has 1 aromatic heterocycles. The summed E-state index contributed by atoms with van der Waals surface area (Å²) in [6.45, 7) is 0.165. The van der Waals surface area contributed by atoms with Crippen LogP contribution in [0.4, 0.5) is 0 Å². The molecule has 2 bridgehead atoms. The van der Waals surface area contributed by atoms with Crippen molar-refractivity contribution in [1.29, 1.82) is 0 Å². The summed E-state index contributed by atoms with van der Waals surface area (Å²) in [5, 5.41) is 11.5. The SMILES string of the molecule is COc1cccc(OCc2nnc(SCC(=O)N[C@H]3C[C@H]4CC[C@@H]3C4)o2)c1. The van der Waals surface area contributed by atoms with Crippen molar-refractivity contribution in [2.75, 3.05) is 12.9 Å². The zero-order valence-corrected chi connectivity index (χ0v) is 16.0. The van der Waals surface area contributed by atoms with Gasteiger partial charge >= 0.3 is 0 Å². The number of benzene rings is 1. The minimum atomic E-state index is 0.0323. The molecule has 1 N–H and O–H groups in total. The van der Waals surface area contributed by atoms with Crippen LogP contribution in [0.1, 0.15) is 31.6 Å². The third kappa shape index (κ3) is 4.55. The molecule has 2 aliphatic carbocycles. The molecule has 0 unspecified atom stereocenters. The van der Waals surface area contributed by atoms with E-state index in [0.29, 0.717) is 28.8 Å². The van der Waals surface area contributed by atoms with Crippen molar-refractivity contribution in [3.05, 3.63) is 30.2 Å². The number of hydrogen-bond acceptors (Lipinski definition) is 7. The van der Waals surface area contributed by atoms with E-state index in [1.165, 1.54) is 31.0 Å². The number of thioether (sulfide) groups is 1. The van der Waals surface area contributed by atoms with Gasteiger partial charge in [-0.3, -0.25) is 4.79 Å². The molecule has 7 nitrogen and oxygen atoms in total. The Morgan fingerprint density at radius 2 is 2.19 bits per heavy atom. The molecule has 144 valence electrons. The van der Waals surface area contributed by atoms with Crippen molar-refractivity contribution in [2.24, 2.45) is 11.8 Å². The summed E-state index contributed by atoms with van der Waals surface area (Å²) in [6, 6.07) is 7.65. The summed E-state index contributed by atoms with van der Waals surface area (Å²) < 4.78 is 16.3. The van der Waals surface area contributed by atoms with E-state index in [-0.39, 0.29) is 18.3 Å². The molecule has 3 atom stereocenters. The van der Waals surface area contributed by atoms with Gasteiger partial charge in [0.2, 0.25) is 5.91 Å². The average Bonchev–Trinajstić information content (AvgIpc) is 3.42. The second-order valence-electron chi connectivity index (χ2n) is 7.07. The molecule has 2 aliphatic rings. The normalized spacial score (nSPS) is 23.4. The average molecular weight is 389 g/mol. The number of nitrogens with one attached hydrogen (secondary N) is 1. The number of carbonyl (C=O) groups is 1. The first-order valence-corrected chi connectivity index (χ1v) is 10.2. The monoisotopic (exact) mass is 389 g/mol. The number of methoxy groups -OCH3 is 1. The lowest BCUT2D eigenvalue weighted by molar-refractivity contribution is -0.119. The molecule has 2 aromatic rings. The lowest BCUT2D eigenvalue weighted by Gasteiger charge is -2.22. The summed E-state index contributed by atoms with van der Waals surface area (Å²) in [4.78, 5) is 12.2. The fraction of sp³-hybridized carbons (Fsp3) is 0.526. The van der Waals surface area contributed by atoms with E-state index in [1.807, 2.05) is 18.2 Å². The number of carbonyl (C=O) groups excluding carboxylic acids is 1. The Morgan fingerprint density at radius 1 is 1.30 bits per heavy atom. The molecule has 0 saturated heterocycles. The lowest BCUT2D eigenvalue weighted by Crippen LogP contribution is -2.39. The van der Waals surface area contributed by atoms with Crippen molar-refractivity contribution in [3.63, 3.8) is 0 Å². The summed E-state index contributed by atoms with van der Waals surface area (Å²) in [6.07, 6.45) is 4.99. The minimum absolute atomic E-state index is 0.0323. The number of hydrogen-bond donors (Lipinski definition) is 1. The van der Waals surface area contributed by atoms with Gasteiger partial charge in [0.15, 0.2) is 6.61 Å². The first-order chi connectivity index (χ1) is 13.2. The summed E-state index contributed by atoms with van der Waals surface area (Å²) in [5.74, 6) is 3.55. The van der Waals surface area contributed by atoms with Crippen LogP contribution in [0, 0.1) is 11.8 Å². The molecule has 1 heterocycles. The molecular weight excluding hydrogens is 366 g/mol. The third-order valence-electron chi connectivity index (χ3n) is 5.26. The van der Waals surface area contributed by atoms with E-state index in [2.05, 4.69) is 15.5 Å². The molecule has 0 aliphatic heterocycles. The highest BCUT2D eigenvalue weighted by atomic mass is 32.2. The number of nitrogens with zero attached hydrogens (tertiary/aromatic N) is 2.